The number of allylic oxidation sites excluding steroid dienone is 1. The Morgan fingerprint density at radius 3 is 2.60 bits per heavy atom. The lowest BCUT2D eigenvalue weighted by molar-refractivity contribution is 0.104. The molecule has 0 fully saturated rings. The molecule has 0 spiro atoms. The molecule has 1 heterocycles. The van der Waals surface area contributed by atoms with E-state index in [9.17, 15) is 4.79 Å². The number of hydrogen-bond donors (Lipinski definition) is 0. The quantitative estimate of drug-likeness (QED) is 0.464. The van der Waals surface area contributed by atoms with Crippen LogP contribution < -0.4 is 4.74 Å². The van der Waals surface area contributed by atoms with Gasteiger partial charge in [0.15, 0.2) is 5.78 Å². The van der Waals surface area contributed by atoms with Gasteiger partial charge < -0.3 is 4.74 Å². The molecule has 0 saturated carbocycles. The van der Waals surface area contributed by atoms with Gasteiger partial charge in [-0.3, -0.25) is 9.78 Å². The summed E-state index contributed by atoms with van der Waals surface area (Å²) in [4.78, 5) is 16.0. The highest BCUT2D eigenvalue weighted by Gasteiger charge is 2.01. The molecule has 126 valence electrons. The molecule has 0 aliphatic heterocycles. The van der Waals surface area contributed by atoms with Crippen molar-refractivity contribution in [2.24, 2.45) is 0 Å². The standard InChI is InChI=1S/C21H17NO2.ClH/c23-21(19-9-5-13-22-15-19)12-11-17-8-4-10-20(14-17)24-16-18-6-2-1-3-7-18;/h1-15H,16H2;1H/b12-11+;. The normalized spacial score (nSPS) is 10.2. The van der Waals surface area contributed by atoms with Crippen LogP contribution in [0.25, 0.3) is 6.08 Å². The minimum atomic E-state index is -0.0706. The highest BCUT2D eigenvalue weighted by molar-refractivity contribution is 6.06. The molecule has 25 heavy (non-hydrogen) atoms. The summed E-state index contributed by atoms with van der Waals surface area (Å²) in [5.74, 6) is 0.702. The van der Waals surface area contributed by atoms with Gasteiger partial charge in [-0.05, 0) is 41.5 Å². The van der Waals surface area contributed by atoms with E-state index in [2.05, 4.69) is 4.98 Å². The Morgan fingerprint density at radius 1 is 1.00 bits per heavy atom. The fourth-order valence-corrected chi connectivity index (χ4v) is 2.23. The summed E-state index contributed by atoms with van der Waals surface area (Å²) >= 11 is 0. The van der Waals surface area contributed by atoms with Crippen LogP contribution in [-0.2, 0) is 6.61 Å². The maximum atomic E-state index is 12.1. The van der Waals surface area contributed by atoms with Gasteiger partial charge in [0.25, 0.3) is 0 Å². The molecule has 0 aliphatic carbocycles. The minimum absolute atomic E-state index is 0. The fourth-order valence-electron chi connectivity index (χ4n) is 2.23. The van der Waals surface area contributed by atoms with Crippen molar-refractivity contribution in [2.45, 2.75) is 6.61 Å². The van der Waals surface area contributed by atoms with Crippen LogP contribution in [0.15, 0.2) is 85.2 Å². The molecule has 4 heteroatoms. The molecule has 3 nitrogen and oxygen atoms in total. The predicted molar refractivity (Wildman–Crippen MR) is 102 cm³/mol. The summed E-state index contributed by atoms with van der Waals surface area (Å²) in [5.41, 5.74) is 2.60. The highest BCUT2D eigenvalue weighted by Crippen LogP contribution is 2.16. The Morgan fingerprint density at radius 2 is 1.84 bits per heavy atom. The Labute approximate surface area is 153 Å². The van der Waals surface area contributed by atoms with Gasteiger partial charge in [0.05, 0.1) is 0 Å². The lowest BCUT2D eigenvalue weighted by Gasteiger charge is -2.06. The first-order valence-electron chi connectivity index (χ1n) is 7.70. The van der Waals surface area contributed by atoms with E-state index in [1.807, 2.05) is 54.6 Å². The molecule has 0 bridgehead atoms. The highest BCUT2D eigenvalue weighted by atomic mass is 35.5. The lowest BCUT2D eigenvalue weighted by Crippen LogP contribution is -1.95. The average molecular weight is 352 g/mol. The van der Waals surface area contributed by atoms with E-state index in [0.717, 1.165) is 16.9 Å². The number of carbonyl (C=O) groups is 1. The van der Waals surface area contributed by atoms with Crippen molar-refractivity contribution in [2.75, 3.05) is 0 Å². The number of halogens is 1. The number of ketones is 1. The molecule has 0 N–H and O–H groups in total. The summed E-state index contributed by atoms with van der Waals surface area (Å²) in [6.07, 6.45) is 6.54. The Balaban J connectivity index is 0.00000225. The molecule has 2 aromatic carbocycles. The van der Waals surface area contributed by atoms with Crippen molar-refractivity contribution in [3.63, 3.8) is 0 Å². The second-order valence-corrected chi connectivity index (χ2v) is 5.29. The summed E-state index contributed by atoms with van der Waals surface area (Å²) in [6.45, 7) is 0.516. The van der Waals surface area contributed by atoms with Crippen LogP contribution in [0.5, 0.6) is 5.75 Å². The van der Waals surface area contributed by atoms with Crippen LogP contribution in [0.4, 0.5) is 0 Å². The molecule has 0 radical (unpaired) electrons. The zero-order valence-corrected chi connectivity index (χ0v) is 14.4. The molecular weight excluding hydrogens is 334 g/mol. The van der Waals surface area contributed by atoms with Crippen LogP contribution in [0, 0.1) is 0 Å². The number of rotatable bonds is 6. The van der Waals surface area contributed by atoms with E-state index in [1.165, 1.54) is 0 Å². The molecule has 0 amide bonds. The minimum Gasteiger partial charge on any atom is -0.489 e. The van der Waals surface area contributed by atoms with Crippen LogP contribution >= 0.6 is 12.4 Å². The third-order valence-corrected chi connectivity index (χ3v) is 3.48. The largest absolute Gasteiger partial charge is 0.489 e. The van der Waals surface area contributed by atoms with Gasteiger partial charge >= 0.3 is 0 Å². The van der Waals surface area contributed by atoms with E-state index < -0.39 is 0 Å². The van der Waals surface area contributed by atoms with Crippen molar-refractivity contribution in [1.29, 1.82) is 0 Å². The monoisotopic (exact) mass is 351 g/mol. The number of carbonyl (C=O) groups excluding carboxylic acids is 1. The van der Waals surface area contributed by atoms with Crippen LogP contribution in [0.3, 0.4) is 0 Å². The predicted octanol–water partition coefficient (Wildman–Crippen LogP) is 4.98. The van der Waals surface area contributed by atoms with Crippen LogP contribution in [0.2, 0.25) is 0 Å². The molecule has 0 atom stereocenters. The summed E-state index contributed by atoms with van der Waals surface area (Å²) < 4.78 is 5.80. The fraction of sp³-hybridized carbons (Fsp3) is 0.0476. The first-order chi connectivity index (χ1) is 11.8. The van der Waals surface area contributed by atoms with Crippen molar-refractivity contribution in [1.82, 2.24) is 4.98 Å². The molecule has 3 rings (SSSR count). The smallest absolute Gasteiger partial charge is 0.187 e. The Hall–Kier alpha value is -2.91. The van der Waals surface area contributed by atoms with Crippen molar-refractivity contribution < 1.29 is 9.53 Å². The van der Waals surface area contributed by atoms with Gasteiger partial charge in [0.1, 0.15) is 12.4 Å². The molecule has 3 aromatic rings. The number of nitrogens with zero attached hydrogens (tertiary/aromatic N) is 1. The van der Waals surface area contributed by atoms with Crippen molar-refractivity contribution in [3.05, 3.63) is 102 Å². The number of aromatic nitrogens is 1. The van der Waals surface area contributed by atoms with Gasteiger partial charge in [-0.1, -0.05) is 48.5 Å². The van der Waals surface area contributed by atoms with Gasteiger partial charge in [0.2, 0.25) is 0 Å². The van der Waals surface area contributed by atoms with Crippen LogP contribution in [-0.4, -0.2) is 10.8 Å². The van der Waals surface area contributed by atoms with E-state index in [4.69, 9.17) is 4.74 Å². The van der Waals surface area contributed by atoms with Crippen LogP contribution in [0.1, 0.15) is 21.5 Å². The maximum absolute atomic E-state index is 12.1. The SMILES string of the molecule is Cl.O=C(/C=C/c1cccc(OCc2ccccc2)c1)c1cccnc1. The van der Waals surface area contributed by atoms with Gasteiger partial charge in [-0.25, -0.2) is 0 Å². The molecular formula is C21H18ClNO2. The average Bonchev–Trinajstić information content (AvgIpc) is 2.66. The lowest BCUT2D eigenvalue weighted by atomic mass is 10.1. The van der Waals surface area contributed by atoms with E-state index in [-0.39, 0.29) is 18.2 Å². The second kappa shape index (κ2) is 9.40. The maximum Gasteiger partial charge on any atom is 0.187 e. The van der Waals surface area contributed by atoms with Gasteiger partial charge in [-0.15, -0.1) is 12.4 Å². The van der Waals surface area contributed by atoms with E-state index in [1.54, 1.807) is 36.7 Å². The number of hydrogen-bond acceptors (Lipinski definition) is 3. The number of benzene rings is 2. The third-order valence-electron chi connectivity index (χ3n) is 3.48. The van der Waals surface area contributed by atoms with E-state index in [0.29, 0.717) is 12.2 Å². The summed E-state index contributed by atoms with van der Waals surface area (Å²) in [7, 11) is 0. The molecule has 1 aromatic heterocycles. The van der Waals surface area contributed by atoms with Gasteiger partial charge in [0, 0.05) is 18.0 Å². The van der Waals surface area contributed by atoms with Crippen molar-refractivity contribution in [3.8, 4) is 5.75 Å². The van der Waals surface area contributed by atoms with Gasteiger partial charge in [-0.2, -0.15) is 0 Å². The zero-order chi connectivity index (χ0) is 16.6. The third kappa shape index (κ3) is 5.59. The first kappa shape index (κ1) is 18.4. The number of pyridine rings is 1. The Bertz CT molecular complexity index is 833. The topological polar surface area (TPSA) is 39.2 Å². The molecule has 0 saturated heterocycles. The van der Waals surface area contributed by atoms with E-state index >= 15 is 0 Å². The number of ether oxygens (including phenoxy) is 1. The molecule has 0 unspecified atom stereocenters. The second-order valence-electron chi connectivity index (χ2n) is 5.29. The summed E-state index contributed by atoms with van der Waals surface area (Å²) in [5, 5.41) is 0. The van der Waals surface area contributed by atoms with Crippen molar-refractivity contribution >= 4 is 24.3 Å². The molecule has 0 aliphatic rings. The Kier molecular flexibility index (Phi) is 6.93. The first-order valence-corrected chi connectivity index (χ1v) is 7.70. The zero-order valence-electron chi connectivity index (χ0n) is 13.5. The summed E-state index contributed by atoms with van der Waals surface area (Å²) in [6, 6.07) is 21.2.